The van der Waals surface area contributed by atoms with Gasteiger partial charge in [-0.15, -0.1) is 0 Å². The summed E-state index contributed by atoms with van der Waals surface area (Å²) in [6, 6.07) is 2.84. The number of nitrogens with zero attached hydrogens (tertiary/aromatic N) is 1. The quantitative estimate of drug-likeness (QED) is 0.664. The van der Waals surface area contributed by atoms with E-state index in [-0.39, 0.29) is 18.1 Å². The van der Waals surface area contributed by atoms with Gasteiger partial charge in [-0.3, -0.25) is 4.72 Å². The fourth-order valence-electron chi connectivity index (χ4n) is 0.829. The van der Waals surface area contributed by atoms with Crippen molar-refractivity contribution in [1.82, 2.24) is 9.71 Å². The average molecular weight is 217 g/mol. The van der Waals surface area contributed by atoms with Crippen LogP contribution in [0.3, 0.4) is 0 Å². The van der Waals surface area contributed by atoms with Gasteiger partial charge in [0.25, 0.3) is 10.2 Å². The Morgan fingerprint density at radius 3 is 2.86 bits per heavy atom. The molecule has 3 N–H and O–H groups in total. The third-order valence-electron chi connectivity index (χ3n) is 1.35. The molecule has 7 heteroatoms. The Labute approximate surface area is 82.2 Å². The van der Waals surface area contributed by atoms with Gasteiger partial charge in [0.05, 0.1) is 0 Å². The molecule has 0 atom stereocenters. The van der Waals surface area contributed by atoms with Gasteiger partial charge in [-0.05, 0) is 12.1 Å². The van der Waals surface area contributed by atoms with Crippen molar-refractivity contribution in [2.45, 2.75) is 6.92 Å². The van der Waals surface area contributed by atoms with E-state index >= 15 is 0 Å². The van der Waals surface area contributed by atoms with Crippen LogP contribution in [0.2, 0.25) is 0 Å². The molecule has 0 bridgehead atoms. The lowest BCUT2D eigenvalue weighted by molar-refractivity contribution is 0.475. The highest BCUT2D eigenvalue weighted by molar-refractivity contribution is 7.90. The Balaban J connectivity index is 2.84. The summed E-state index contributed by atoms with van der Waals surface area (Å²) in [5.74, 6) is -0.303. The molecule has 0 fully saturated rings. The summed E-state index contributed by atoms with van der Waals surface area (Å²) in [5, 5.41) is 9.22. The van der Waals surface area contributed by atoms with Crippen LogP contribution in [0, 0.1) is 0 Å². The van der Waals surface area contributed by atoms with E-state index in [9.17, 15) is 13.5 Å². The first kappa shape index (κ1) is 10.7. The Morgan fingerprint density at radius 1 is 1.57 bits per heavy atom. The molecule has 0 saturated carbocycles. The zero-order valence-corrected chi connectivity index (χ0v) is 8.37. The minimum absolute atomic E-state index is 0.0894. The third kappa shape index (κ3) is 2.86. The maximum absolute atomic E-state index is 11.2. The first-order chi connectivity index (χ1) is 6.55. The maximum Gasteiger partial charge on any atom is 0.300 e. The number of aromatic nitrogens is 1. The van der Waals surface area contributed by atoms with Crippen LogP contribution >= 0.6 is 0 Å². The highest BCUT2D eigenvalue weighted by Gasteiger charge is 2.10. The first-order valence-corrected chi connectivity index (χ1v) is 5.45. The second-order valence-electron chi connectivity index (χ2n) is 2.47. The number of anilines is 1. The van der Waals surface area contributed by atoms with Gasteiger partial charge in [0.1, 0.15) is 0 Å². The van der Waals surface area contributed by atoms with Gasteiger partial charge in [0, 0.05) is 12.7 Å². The monoisotopic (exact) mass is 217 g/mol. The summed E-state index contributed by atoms with van der Waals surface area (Å²) in [4.78, 5) is 3.67. The third-order valence-corrected chi connectivity index (χ3v) is 2.48. The molecule has 0 aliphatic rings. The molecule has 6 nitrogen and oxygen atoms in total. The molecule has 0 radical (unpaired) electrons. The van der Waals surface area contributed by atoms with Gasteiger partial charge < -0.3 is 5.11 Å². The molecule has 0 aromatic carbocycles. The highest BCUT2D eigenvalue weighted by Crippen LogP contribution is 2.18. The fourth-order valence-corrected chi connectivity index (χ4v) is 1.69. The van der Waals surface area contributed by atoms with Crippen molar-refractivity contribution < 1.29 is 13.5 Å². The Bertz CT molecular complexity index is 404. The second-order valence-corrected chi connectivity index (χ2v) is 3.97. The van der Waals surface area contributed by atoms with Crippen molar-refractivity contribution in [3.63, 3.8) is 0 Å². The summed E-state index contributed by atoms with van der Waals surface area (Å²) >= 11 is 0. The van der Waals surface area contributed by atoms with Gasteiger partial charge in [0.15, 0.2) is 11.6 Å². The largest absolute Gasteiger partial charge is 0.504 e. The standard InChI is InChI=1S/C7H11N3O3S/c1-2-9-14(12,13)10-7-6(11)4-3-5-8-7/h3-5,9,11H,2H2,1H3,(H,8,10). The van der Waals surface area contributed by atoms with E-state index in [4.69, 9.17) is 0 Å². The fraction of sp³-hybridized carbons (Fsp3) is 0.286. The average Bonchev–Trinajstić information content (AvgIpc) is 2.08. The van der Waals surface area contributed by atoms with Crippen LogP contribution in [0.5, 0.6) is 5.75 Å². The molecule has 1 rings (SSSR count). The normalized spacial score (nSPS) is 11.2. The molecule has 78 valence electrons. The van der Waals surface area contributed by atoms with Crippen molar-refractivity contribution in [2.75, 3.05) is 11.3 Å². The number of hydrogen-bond acceptors (Lipinski definition) is 4. The summed E-state index contributed by atoms with van der Waals surface area (Å²) in [7, 11) is -3.63. The zero-order chi connectivity index (χ0) is 10.6. The predicted octanol–water partition coefficient (Wildman–Crippen LogP) is 0.0534. The van der Waals surface area contributed by atoms with E-state index in [1.54, 1.807) is 6.92 Å². The number of pyridine rings is 1. The van der Waals surface area contributed by atoms with E-state index in [0.29, 0.717) is 0 Å². The molecule has 0 amide bonds. The maximum atomic E-state index is 11.2. The van der Waals surface area contributed by atoms with E-state index < -0.39 is 10.2 Å². The number of nitrogens with one attached hydrogen (secondary N) is 2. The van der Waals surface area contributed by atoms with Crippen LogP contribution in [-0.2, 0) is 10.2 Å². The van der Waals surface area contributed by atoms with Gasteiger partial charge in [0.2, 0.25) is 0 Å². The van der Waals surface area contributed by atoms with Gasteiger partial charge in [-0.2, -0.15) is 13.1 Å². The van der Waals surface area contributed by atoms with Crippen LogP contribution in [-0.4, -0.2) is 25.1 Å². The summed E-state index contributed by atoms with van der Waals surface area (Å²) in [6.07, 6.45) is 1.38. The molecular weight excluding hydrogens is 206 g/mol. The Morgan fingerprint density at radius 2 is 2.29 bits per heavy atom. The lowest BCUT2D eigenvalue weighted by Crippen LogP contribution is -2.30. The lowest BCUT2D eigenvalue weighted by atomic mass is 10.4. The molecule has 1 heterocycles. The second kappa shape index (κ2) is 4.25. The molecule has 0 aliphatic heterocycles. The number of hydrogen-bond donors (Lipinski definition) is 3. The lowest BCUT2D eigenvalue weighted by Gasteiger charge is -2.07. The van der Waals surface area contributed by atoms with Crippen LogP contribution in [0.15, 0.2) is 18.3 Å². The van der Waals surface area contributed by atoms with Crippen LogP contribution < -0.4 is 9.44 Å². The SMILES string of the molecule is CCNS(=O)(=O)Nc1ncccc1O. The summed E-state index contributed by atoms with van der Waals surface area (Å²) in [5.41, 5.74) is 0. The van der Waals surface area contributed by atoms with Crippen molar-refractivity contribution in [3.05, 3.63) is 18.3 Å². The van der Waals surface area contributed by atoms with Gasteiger partial charge in [-0.25, -0.2) is 4.98 Å². The Kier molecular flexibility index (Phi) is 3.26. The van der Waals surface area contributed by atoms with E-state index in [1.165, 1.54) is 18.3 Å². The van der Waals surface area contributed by atoms with E-state index in [0.717, 1.165) is 0 Å². The minimum atomic E-state index is -3.63. The first-order valence-electron chi connectivity index (χ1n) is 3.96. The summed E-state index contributed by atoms with van der Waals surface area (Å²) in [6.45, 7) is 1.92. The molecule has 14 heavy (non-hydrogen) atoms. The minimum Gasteiger partial charge on any atom is -0.504 e. The molecule has 0 unspecified atom stereocenters. The van der Waals surface area contributed by atoms with Crippen molar-refractivity contribution >= 4 is 16.0 Å². The van der Waals surface area contributed by atoms with E-state index in [1.807, 2.05) is 0 Å². The zero-order valence-electron chi connectivity index (χ0n) is 7.56. The number of aromatic hydroxyl groups is 1. The van der Waals surface area contributed by atoms with Gasteiger partial charge in [-0.1, -0.05) is 6.92 Å². The van der Waals surface area contributed by atoms with Crippen molar-refractivity contribution in [3.8, 4) is 5.75 Å². The number of rotatable bonds is 4. The summed E-state index contributed by atoms with van der Waals surface area (Å²) < 4.78 is 26.7. The van der Waals surface area contributed by atoms with Crippen molar-refractivity contribution in [2.24, 2.45) is 0 Å². The molecule has 1 aromatic rings. The predicted molar refractivity (Wildman–Crippen MR) is 52.1 cm³/mol. The molecule has 0 spiro atoms. The topological polar surface area (TPSA) is 91.3 Å². The van der Waals surface area contributed by atoms with Crippen LogP contribution in [0.25, 0.3) is 0 Å². The molecule has 0 saturated heterocycles. The Hall–Kier alpha value is -1.34. The molecular formula is C7H11N3O3S. The molecule has 0 aliphatic carbocycles. The highest BCUT2D eigenvalue weighted by atomic mass is 32.2. The van der Waals surface area contributed by atoms with Crippen LogP contribution in [0.4, 0.5) is 5.82 Å². The van der Waals surface area contributed by atoms with Gasteiger partial charge >= 0.3 is 0 Å². The smallest absolute Gasteiger partial charge is 0.300 e. The molecule has 1 aromatic heterocycles. The van der Waals surface area contributed by atoms with Crippen molar-refractivity contribution in [1.29, 1.82) is 0 Å². The van der Waals surface area contributed by atoms with E-state index in [2.05, 4.69) is 14.4 Å². The van der Waals surface area contributed by atoms with Crippen LogP contribution in [0.1, 0.15) is 6.92 Å².